The molecule has 0 N–H and O–H groups in total. The van der Waals surface area contributed by atoms with Crippen LogP contribution in [0.3, 0.4) is 0 Å². The van der Waals surface area contributed by atoms with Gasteiger partial charge in [0.15, 0.2) is 5.78 Å². The Morgan fingerprint density at radius 3 is 2.93 bits per heavy atom. The number of ketones is 1. The molecule has 0 bridgehead atoms. The van der Waals surface area contributed by atoms with E-state index in [1.54, 1.807) is 11.5 Å². The lowest BCUT2D eigenvalue weighted by Crippen LogP contribution is -2.28. The van der Waals surface area contributed by atoms with Crippen LogP contribution >= 0.6 is 0 Å². The Morgan fingerprint density at radius 2 is 2.27 bits per heavy atom. The Labute approximate surface area is 87.7 Å². The molecule has 1 aromatic rings. The topological polar surface area (TPSA) is 56.9 Å². The van der Waals surface area contributed by atoms with Crippen molar-refractivity contribution in [3.63, 3.8) is 0 Å². The minimum absolute atomic E-state index is 0.0487. The monoisotopic (exact) mass is 209 g/mol. The van der Waals surface area contributed by atoms with Crippen molar-refractivity contribution in [3.8, 4) is 0 Å². The second-order valence-corrected chi connectivity index (χ2v) is 3.86. The van der Waals surface area contributed by atoms with Crippen LogP contribution < -0.4 is 5.69 Å². The Balaban J connectivity index is 2.29. The van der Waals surface area contributed by atoms with Crippen molar-refractivity contribution in [2.75, 3.05) is 0 Å². The molecule has 0 saturated heterocycles. The van der Waals surface area contributed by atoms with E-state index < -0.39 is 0 Å². The van der Waals surface area contributed by atoms with E-state index in [-0.39, 0.29) is 18.0 Å². The zero-order valence-corrected chi connectivity index (χ0v) is 8.90. The summed E-state index contributed by atoms with van der Waals surface area (Å²) in [6, 6.07) is 0. The maximum absolute atomic E-state index is 11.8. The lowest BCUT2D eigenvalue weighted by atomic mass is 10.2. The fourth-order valence-corrected chi connectivity index (χ4v) is 1.83. The third-order valence-electron chi connectivity index (χ3n) is 2.75. The molecule has 0 saturated carbocycles. The highest BCUT2D eigenvalue weighted by Gasteiger charge is 2.17. The van der Waals surface area contributed by atoms with E-state index in [1.807, 2.05) is 0 Å². The highest BCUT2D eigenvalue weighted by Crippen LogP contribution is 2.09. The van der Waals surface area contributed by atoms with E-state index >= 15 is 0 Å². The first-order chi connectivity index (χ1) is 7.22. The maximum Gasteiger partial charge on any atom is 0.346 e. The van der Waals surface area contributed by atoms with Crippen molar-refractivity contribution in [1.82, 2.24) is 14.3 Å². The van der Waals surface area contributed by atoms with E-state index in [0.717, 1.165) is 31.6 Å². The first-order valence-corrected chi connectivity index (χ1v) is 5.40. The molecule has 15 heavy (non-hydrogen) atoms. The summed E-state index contributed by atoms with van der Waals surface area (Å²) >= 11 is 0. The molecule has 0 spiro atoms. The van der Waals surface area contributed by atoms with Crippen molar-refractivity contribution in [1.29, 1.82) is 0 Å². The van der Waals surface area contributed by atoms with Gasteiger partial charge in [-0.15, -0.1) is 0 Å². The average Bonchev–Trinajstić information content (AvgIpc) is 2.57. The van der Waals surface area contributed by atoms with Gasteiger partial charge in [0.2, 0.25) is 0 Å². The van der Waals surface area contributed by atoms with E-state index in [4.69, 9.17) is 0 Å². The van der Waals surface area contributed by atoms with Crippen LogP contribution in [0.4, 0.5) is 0 Å². The highest BCUT2D eigenvalue weighted by atomic mass is 16.2. The molecule has 0 aliphatic carbocycles. The summed E-state index contributed by atoms with van der Waals surface area (Å²) in [6.07, 6.45) is 3.41. The SMILES string of the molecule is CCC(=O)Cn1nc2n(c1=O)CCCC2. The van der Waals surface area contributed by atoms with E-state index in [9.17, 15) is 9.59 Å². The molecule has 1 aromatic heterocycles. The third kappa shape index (κ3) is 1.86. The number of Topliss-reactive ketones (excluding diaryl/α,β-unsaturated/α-hetero) is 1. The lowest BCUT2D eigenvalue weighted by Gasteiger charge is -2.09. The fraction of sp³-hybridized carbons (Fsp3) is 0.700. The number of fused-ring (bicyclic) bond motifs is 1. The summed E-state index contributed by atoms with van der Waals surface area (Å²) in [4.78, 5) is 23.0. The quantitative estimate of drug-likeness (QED) is 0.722. The molecular formula is C10H15N3O2. The Morgan fingerprint density at radius 1 is 1.47 bits per heavy atom. The molecule has 0 aromatic carbocycles. The number of aromatic nitrogens is 3. The van der Waals surface area contributed by atoms with Gasteiger partial charge in [-0.05, 0) is 12.8 Å². The van der Waals surface area contributed by atoms with E-state index in [2.05, 4.69) is 5.10 Å². The van der Waals surface area contributed by atoms with Crippen molar-refractivity contribution in [2.45, 2.75) is 45.7 Å². The van der Waals surface area contributed by atoms with Crippen LogP contribution in [0, 0.1) is 0 Å². The number of rotatable bonds is 3. The zero-order valence-electron chi connectivity index (χ0n) is 8.90. The summed E-state index contributed by atoms with van der Waals surface area (Å²) in [5.41, 5.74) is -0.133. The van der Waals surface area contributed by atoms with Gasteiger partial charge in [-0.2, -0.15) is 5.10 Å². The van der Waals surface area contributed by atoms with Gasteiger partial charge in [0.1, 0.15) is 12.4 Å². The number of carbonyl (C=O) groups is 1. The van der Waals surface area contributed by atoms with Gasteiger partial charge in [-0.1, -0.05) is 6.92 Å². The minimum Gasteiger partial charge on any atom is -0.298 e. The van der Waals surface area contributed by atoms with Crippen molar-refractivity contribution < 1.29 is 4.79 Å². The number of aryl methyl sites for hydroxylation is 1. The van der Waals surface area contributed by atoms with Crippen LogP contribution in [0.2, 0.25) is 0 Å². The van der Waals surface area contributed by atoms with Crippen LogP contribution in [-0.4, -0.2) is 20.1 Å². The number of hydrogen-bond donors (Lipinski definition) is 0. The van der Waals surface area contributed by atoms with Crippen molar-refractivity contribution >= 4 is 5.78 Å². The Bertz CT molecular complexity index is 430. The second kappa shape index (κ2) is 4.00. The molecule has 5 nitrogen and oxygen atoms in total. The summed E-state index contributed by atoms with van der Waals surface area (Å²) < 4.78 is 2.99. The molecule has 1 aliphatic rings. The summed E-state index contributed by atoms with van der Waals surface area (Å²) in [7, 11) is 0. The van der Waals surface area contributed by atoms with Gasteiger partial charge in [0, 0.05) is 19.4 Å². The molecule has 0 unspecified atom stereocenters. The van der Waals surface area contributed by atoms with Crippen LogP contribution in [0.15, 0.2) is 4.79 Å². The van der Waals surface area contributed by atoms with E-state index in [0.29, 0.717) is 6.42 Å². The Kier molecular flexibility index (Phi) is 2.70. The van der Waals surface area contributed by atoms with Crippen molar-refractivity contribution in [2.24, 2.45) is 0 Å². The average molecular weight is 209 g/mol. The molecule has 2 rings (SSSR count). The van der Waals surface area contributed by atoms with Gasteiger partial charge in [-0.25, -0.2) is 9.48 Å². The first-order valence-electron chi connectivity index (χ1n) is 5.40. The van der Waals surface area contributed by atoms with Gasteiger partial charge in [0.25, 0.3) is 0 Å². The highest BCUT2D eigenvalue weighted by molar-refractivity contribution is 5.77. The predicted molar refractivity (Wildman–Crippen MR) is 54.7 cm³/mol. The van der Waals surface area contributed by atoms with Crippen LogP contribution in [0.25, 0.3) is 0 Å². The predicted octanol–water partition coefficient (Wildman–Crippen LogP) is 0.360. The van der Waals surface area contributed by atoms with Gasteiger partial charge in [0.05, 0.1) is 0 Å². The molecular weight excluding hydrogens is 194 g/mol. The Hall–Kier alpha value is -1.39. The van der Waals surface area contributed by atoms with Crippen LogP contribution in [0.1, 0.15) is 32.0 Å². The lowest BCUT2D eigenvalue weighted by molar-refractivity contribution is -0.119. The molecule has 0 amide bonds. The molecule has 2 heterocycles. The first kappa shape index (κ1) is 10.1. The number of nitrogens with zero attached hydrogens (tertiary/aromatic N) is 3. The largest absolute Gasteiger partial charge is 0.346 e. The molecule has 0 atom stereocenters. The number of hydrogen-bond acceptors (Lipinski definition) is 3. The fourth-order valence-electron chi connectivity index (χ4n) is 1.83. The van der Waals surface area contributed by atoms with E-state index in [1.165, 1.54) is 4.68 Å². The van der Waals surface area contributed by atoms with Crippen molar-refractivity contribution in [3.05, 3.63) is 16.3 Å². The standard InChI is InChI=1S/C10H15N3O2/c1-2-8(14)7-13-10(15)12-6-4-3-5-9(12)11-13/h2-7H2,1H3. The molecule has 5 heteroatoms. The van der Waals surface area contributed by atoms with Crippen LogP contribution in [0.5, 0.6) is 0 Å². The normalized spacial score (nSPS) is 15.0. The van der Waals surface area contributed by atoms with Crippen LogP contribution in [-0.2, 0) is 24.3 Å². The summed E-state index contributed by atoms with van der Waals surface area (Å²) in [5, 5.41) is 4.18. The zero-order chi connectivity index (χ0) is 10.8. The smallest absolute Gasteiger partial charge is 0.298 e. The second-order valence-electron chi connectivity index (χ2n) is 3.86. The van der Waals surface area contributed by atoms with Gasteiger partial charge >= 0.3 is 5.69 Å². The number of carbonyl (C=O) groups excluding carboxylic acids is 1. The molecule has 1 aliphatic heterocycles. The maximum atomic E-state index is 11.8. The molecule has 82 valence electrons. The summed E-state index contributed by atoms with van der Waals surface area (Å²) in [5.74, 6) is 0.878. The summed E-state index contributed by atoms with van der Waals surface area (Å²) in [6.45, 7) is 2.66. The van der Waals surface area contributed by atoms with Gasteiger partial charge in [-0.3, -0.25) is 9.36 Å². The molecule has 0 radical (unpaired) electrons. The minimum atomic E-state index is -0.133. The van der Waals surface area contributed by atoms with Gasteiger partial charge < -0.3 is 0 Å². The third-order valence-corrected chi connectivity index (χ3v) is 2.75. The molecule has 0 fully saturated rings.